The Labute approximate surface area is 145 Å². The molecule has 1 unspecified atom stereocenters. The molecule has 1 N–H and O–H groups in total. The molecule has 6 heteroatoms. The maximum absolute atomic E-state index is 13.6. The molecule has 0 aromatic heterocycles. The fourth-order valence-electron chi connectivity index (χ4n) is 2.80. The van der Waals surface area contributed by atoms with Crippen LogP contribution in [0.25, 0.3) is 0 Å². The normalized spacial score (nSPS) is 18.1. The summed E-state index contributed by atoms with van der Waals surface area (Å²) in [4.78, 5) is 14.2. The Kier molecular flexibility index (Phi) is 5.40. The van der Waals surface area contributed by atoms with Gasteiger partial charge >= 0.3 is 0 Å². The quantitative estimate of drug-likeness (QED) is 0.924. The van der Waals surface area contributed by atoms with Crippen molar-refractivity contribution in [3.05, 3.63) is 65.2 Å². The highest BCUT2D eigenvalue weighted by molar-refractivity contribution is 5.92. The number of rotatable bonds is 4. The van der Waals surface area contributed by atoms with Crippen molar-refractivity contribution in [1.29, 1.82) is 0 Å². The van der Waals surface area contributed by atoms with Crippen LogP contribution in [0, 0.1) is 18.6 Å². The summed E-state index contributed by atoms with van der Waals surface area (Å²) in [6.07, 6.45) is -0.195. The molecule has 1 aliphatic heterocycles. The Morgan fingerprint density at radius 3 is 2.72 bits per heavy atom. The number of carbonyl (C=O) groups excluding carboxylic acids is 1. The second-order valence-corrected chi connectivity index (χ2v) is 6.16. The molecule has 1 atom stereocenters. The zero-order valence-corrected chi connectivity index (χ0v) is 14.0. The van der Waals surface area contributed by atoms with E-state index in [1.165, 1.54) is 18.2 Å². The van der Waals surface area contributed by atoms with Crippen molar-refractivity contribution < 1.29 is 18.3 Å². The Morgan fingerprint density at radius 1 is 1.24 bits per heavy atom. The molecule has 2 aromatic rings. The van der Waals surface area contributed by atoms with Gasteiger partial charge in [0, 0.05) is 18.8 Å². The van der Waals surface area contributed by atoms with Gasteiger partial charge < -0.3 is 10.1 Å². The van der Waals surface area contributed by atoms with Gasteiger partial charge in [0.1, 0.15) is 11.6 Å². The lowest BCUT2D eigenvalue weighted by Crippen LogP contribution is -2.42. The van der Waals surface area contributed by atoms with Gasteiger partial charge in [-0.2, -0.15) is 0 Å². The van der Waals surface area contributed by atoms with Crippen molar-refractivity contribution in [2.45, 2.75) is 13.0 Å². The summed E-state index contributed by atoms with van der Waals surface area (Å²) in [5.41, 5.74) is 1.86. The van der Waals surface area contributed by atoms with E-state index in [9.17, 15) is 13.6 Å². The van der Waals surface area contributed by atoms with Gasteiger partial charge in [0.15, 0.2) is 0 Å². The fraction of sp³-hybridized carbons (Fsp3) is 0.316. The first kappa shape index (κ1) is 17.5. The molecular formula is C19H20F2N2O2. The minimum Gasteiger partial charge on any atom is -0.371 e. The second kappa shape index (κ2) is 7.72. The number of nitrogens with zero attached hydrogens (tertiary/aromatic N) is 1. The Bertz CT molecular complexity index is 750. The van der Waals surface area contributed by atoms with E-state index in [4.69, 9.17) is 4.74 Å². The lowest BCUT2D eigenvalue weighted by atomic mass is 10.1. The van der Waals surface area contributed by atoms with Gasteiger partial charge in [0.05, 0.1) is 19.3 Å². The fourth-order valence-corrected chi connectivity index (χ4v) is 2.80. The van der Waals surface area contributed by atoms with Gasteiger partial charge in [-0.05, 0) is 42.3 Å². The molecule has 132 valence electrons. The number of aryl methyl sites for hydroxylation is 1. The lowest BCUT2D eigenvalue weighted by molar-refractivity contribution is -0.119. The van der Waals surface area contributed by atoms with E-state index < -0.39 is 0 Å². The number of ether oxygens (including phenoxy) is 1. The zero-order valence-electron chi connectivity index (χ0n) is 14.0. The summed E-state index contributed by atoms with van der Waals surface area (Å²) in [6, 6.07) is 10.8. The highest BCUT2D eigenvalue weighted by atomic mass is 19.1. The maximum Gasteiger partial charge on any atom is 0.238 e. The number of hydrogen-bond acceptors (Lipinski definition) is 3. The smallest absolute Gasteiger partial charge is 0.238 e. The minimum absolute atomic E-state index is 0.191. The average molecular weight is 346 g/mol. The predicted molar refractivity (Wildman–Crippen MR) is 91.3 cm³/mol. The number of anilines is 1. The molecule has 0 radical (unpaired) electrons. The van der Waals surface area contributed by atoms with Crippen LogP contribution in [0.2, 0.25) is 0 Å². The third kappa shape index (κ3) is 4.61. The number of nitrogens with one attached hydrogen (secondary N) is 1. The summed E-state index contributed by atoms with van der Waals surface area (Å²) in [5.74, 6) is -0.843. The van der Waals surface area contributed by atoms with E-state index in [1.54, 1.807) is 31.2 Å². The number of halogens is 2. The third-order valence-corrected chi connectivity index (χ3v) is 4.22. The van der Waals surface area contributed by atoms with Crippen LogP contribution in [-0.2, 0) is 9.53 Å². The van der Waals surface area contributed by atoms with Crippen molar-refractivity contribution in [3.63, 3.8) is 0 Å². The number of amides is 1. The van der Waals surface area contributed by atoms with Crippen molar-refractivity contribution >= 4 is 11.6 Å². The summed E-state index contributed by atoms with van der Waals surface area (Å²) in [5, 5.41) is 2.71. The molecule has 1 saturated heterocycles. The van der Waals surface area contributed by atoms with Crippen molar-refractivity contribution in [1.82, 2.24) is 4.90 Å². The van der Waals surface area contributed by atoms with Gasteiger partial charge in [0.25, 0.3) is 0 Å². The van der Waals surface area contributed by atoms with Crippen LogP contribution in [-0.4, -0.2) is 37.0 Å². The highest BCUT2D eigenvalue weighted by Gasteiger charge is 2.23. The molecule has 0 saturated carbocycles. The van der Waals surface area contributed by atoms with E-state index in [1.807, 2.05) is 4.90 Å². The van der Waals surface area contributed by atoms with Crippen LogP contribution in [0.1, 0.15) is 17.2 Å². The number of carbonyl (C=O) groups is 1. The van der Waals surface area contributed by atoms with Gasteiger partial charge in [-0.25, -0.2) is 8.78 Å². The van der Waals surface area contributed by atoms with Crippen LogP contribution in [0.3, 0.4) is 0 Å². The topological polar surface area (TPSA) is 41.6 Å². The molecule has 1 fully saturated rings. The number of hydrogen-bond donors (Lipinski definition) is 1. The minimum atomic E-state index is -0.347. The number of benzene rings is 2. The van der Waals surface area contributed by atoms with Gasteiger partial charge in [-0.3, -0.25) is 9.69 Å². The SMILES string of the molecule is Cc1ccc(NC(=O)CN2CCOC(c3ccc(F)cc3)C2)cc1F. The standard InChI is InChI=1S/C19H20F2N2O2/c1-13-2-7-16(10-17(13)21)22-19(24)12-23-8-9-25-18(11-23)14-3-5-15(20)6-4-14/h2-7,10,18H,8-9,11-12H2,1H3,(H,22,24). The van der Waals surface area contributed by atoms with Gasteiger partial charge in [-0.1, -0.05) is 18.2 Å². The van der Waals surface area contributed by atoms with Crippen molar-refractivity contribution in [2.24, 2.45) is 0 Å². The van der Waals surface area contributed by atoms with Crippen LogP contribution in [0.5, 0.6) is 0 Å². The Balaban J connectivity index is 1.57. The van der Waals surface area contributed by atoms with E-state index >= 15 is 0 Å². The molecule has 0 spiro atoms. The zero-order chi connectivity index (χ0) is 17.8. The largest absolute Gasteiger partial charge is 0.371 e. The van der Waals surface area contributed by atoms with Gasteiger partial charge in [-0.15, -0.1) is 0 Å². The predicted octanol–water partition coefficient (Wildman–Crippen LogP) is 3.29. The Hall–Kier alpha value is -2.31. The van der Waals surface area contributed by atoms with E-state index in [0.717, 1.165) is 5.56 Å². The highest BCUT2D eigenvalue weighted by Crippen LogP contribution is 2.22. The van der Waals surface area contributed by atoms with Gasteiger partial charge in [0.2, 0.25) is 5.91 Å². The summed E-state index contributed by atoms with van der Waals surface area (Å²) in [6.45, 7) is 3.53. The van der Waals surface area contributed by atoms with Crippen molar-refractivity contribution in [3.8, 4) is 0 Å². The van der Waals surface area contributed by atoms with Crippen LogP contribution < -0.4 is 5.32 Å². The Morgan fingerprint density at radius 2 is 2.00 bits per heavy atom. The van der Waals surface area contributed by atoms with Crippen LogP contribution in [0.15, 0.2) is 42.5 Å². The average Bonchev–Trinajstić information content (AvgIpc) is 2.59. The number of morpholine rings is 1. The molecule has 3 rings (SSSR count). The third-order valence-electron chi connectivity index (χ3n) is 4.22. The van der Waals surface area contributed by atoms with E-state index in [2.05, 4.69) is 5.32 Å². The molecule has 1 heterocycles. The second-order valence-electron chi connectivity index (χ2n) is 6.16. The first-order valence-corrected chi connectivity index (χ1v) is 8.17. The summed E-state index contributed by atoms with van der Waals surface area (Å²) in [7, 11) is 0. The summed E-state index contributed by atoms with van der Waals surface area (Å²) < 4.78 is 32.3. The van der Waals surface area contributed by atoms with Crippen LogP contribution >= 0.6 is 0 Å². The molecule has 1 aliphatic rings. The molecule has 0 bridgehead atoms. The molecule has 25 heavy (non-hydrogen) atoms. The maximum atomic E-state index is 13.6. The van der Waals surface area contributed by atoms with E-state index in [-0.39, 0.29) is 30.2 Å². The monoisotopic (exact) mass is 346 g/mol. The first-order valence-electron chi connectivity index (χ1n) is 8.17. The first-order chi connectivity index (χ1) is 12.0. The summed E-state index contributed by atoms with van der Waals surface area (Å²) >= 11 is 0. The van der Waals surface area contributed by atoms with E-state index in [0.29, 0.717) is 30.9 Å². The lowest BCUT2D eigenvalue weighted by Gasteiger charge is -2.32. The molecular weight excluding hydrogens is 326 g/mol. The molecule has 2 aromatic carbocycles. The molecule has 0 aliphatic carbocycles. The van der Waals surface area contributed by atoms with Crippen LogP contribution in [0.4, 0.5) is 14.5 Å². The molecule has 1 amide bonds. The molecule has 4 nitrogen and oxygen atoms in total. The van der Waals surface area contributed by atoms with Crippen molar-refractivity contribution in [2.75, 3.05) is 31.6 Å².